The maximum atomic E-state index is 14.0. The van der Waals surface area contributed by atoms with E-state index in [2.05, 4.69) is 10.6 Å². The molecule has 4 N–H and O–H groups in total. The molecule has 40 heavy (non-hydrogen) atoms. The van der Waals surface area contributed by atoms with E-state index in [4.69, 9.17) is 15.2 Å². The molecule has 0 aliphatic heterocycles. The van der Waals surface area contributed by atoms with Crippen molar-refractivity contribution in [2.75, 3.05) is 19.7 Å². The zero-order valence-electron chi connectivity index (χ0n) is 24.9. The topological polar surface area (TPSA) is 157 Å². The number of amides is 4. The molecule has 0 radical (unpaired) electrons. The Balaban J connectivity index is 3.49. The molecule has 2 unspecified atom stereocenters. The number of nitrogens with zero attached hydrogens (tertiary/aromatic N) is 1. The van der Waals surface area contributed by atoms with Crippen LogP contribution in [0, 0.1) is 13.8 Å². The van der Waals surface area contributed by atoms with Crippen molar-refractivity contribution in [3.63, 3.8) is 0 Å². The predicted octanol–water partition coefficient (Wildman–Crippen LogP) is 3.20. The van der Waals surface area contributed by atoms with Gasteiger partial charge in [-0.05, 0) is 64.7 Å². The average molecular weight is 563 g/mol. The smallest absolute Gasteiger partial charge is 0.408 e. The first kappa shape index (κ1) is 34.4. The minimum Gasteiger partial charge on any atom is -0.466 e. The van der Waals surface area contributed by atoms with Crippen molar-refractivity contribution < 1.29 is 33.4 Å². The summed E-state index contributed by atoms with van der Waals surface area (Å²) >= 11 is 0. The number of ether oxygens (including phenoxy) is 2. The molecular formula is C29H46N4O7. The van der Waals surface area contributed by atoms with Gasteiger partial charge in [-0.2, -0.15) is 0 Å². The van der Waals surface area contributed by atoms with E-state index in [1.54, 1.807) is 33.8 Å². The highest BCUT2D eigenvalue weighted by Crippen LogP contribution is 2.26. The number of nitrogens with one attached hydrogen (secondary N) is 2. The van der Waals surface area contributed by atoms with Gasteiger partial charge < -0.3 is 30.7 Å². The summed E-state index contributed by atoms with van der Waals surface area (Å²) in [4.78, 5) is 65.3. The van der Waals surface area contributed by atoms with Crippen LogP contribution in [0.2, 0.25) is 0 Å². The highest BCUT2D eigenvalue weighted by molar-refractivity contribution is 5.94. The largest absolute Gasteiger partial charge is 0.466 e. The Morgan fingerprint density at radius 1 is 1.02 bits per heavy atom. The number of carbonyl (C=O) groups excluding carboxylic acids is 5. The normalized spacial score (nSPS) is 12.6. The lowest BCUT2D eigenvalue weighted by Gasteiger charge is -2.34. The SMILES string of the molecule is CCCCCN(C(=O)C(CC(N)=O)NC(=O)OC(C)(C)C)C(C(=O)NCCC(=O)OCC)c1ccc(C)c(C)c1. The lowest BCUT2D eigenvalue weighted by molar-refractivity contribution is -0.144. The van der Waals surface area contributed by atoms with Crippen LogP contribution in [0.25, 0.3) is 0 Å². The molecule has 0 spiro atoms. The first-order valence-electron chi connectivity index (χ1n) is 13.8. The summed E-state index contributed by atoms with van der Waals surface area (Å²) < 4.78 is 10.2. The summed E-state index contributed by atoms with van der Waals surface area (Å²) in [5.41, 5.74) is 7.07. The molecule has 1 aromatic carbocycles. The molecule has 224 valence electrons. The zero-order chi connectivity index (χ0) is 30.5. The van der Waals surface area contributed by atoms with Crippen LogP contribution in [-0.2, 0) is 28.7 Å². The van der Waals surface area contributed by atoms with Crippen molar-refractivity contribution in [3.8, 4) is 0 Å². The van der Waals surface area contributed by atoms with E-state index < -0.39 is 53.9 Å². The van der Waals surface area contributed by atoms with Gasteiger partial charge in [0.2, 0.25) is 17.7 Å². The summed E-state index contributed by atoms with van der Waals surface area (Å²) in [5.74, 6) is -2.41. The molecule has 11 heteroatoms. The Morgan fingerprint density at radius 3 is 2.25 bits per heavy atom. The maximum absolute atomic E-state index is 14.0. The maximum Gasteiger partial charge on any atom is 0.408 e. The third-order valence-corrected chi connectivity index (χ3v) is 6.02. The van der Waals surface area contributed by atoms with Gasteiger partial charge in [-0.25, -0.2) is 4.79 Å². The summed E-state index contributed by atoms with van der Waals surface area (Å²) in [6.07, 6.45) is 0.828. The van der Waals surface area contributed by atoms with Gasteiger partial charge in [0.15, 0.2) is 0 Å². The molecule has 0 saturated heterocycles. The van der Waals surface area contributed by atoms with Crippen molar-refractivity contribution in [3.05, 3.63) is 34.9 Å². The van der Waals surface area contributed by atoms with Crippen LogP contribution >= 0.6 is 0 Å². The van der Waals surface area contributed by atoms with Crippen LogP contribution in [0.15, 0.2) is 18.2 Å². The summed E-state index contributed by atoms with van der Waals surface area (Å²) in [6.45, 7) is 13.0. The quantitative estimate of drug-likeness (QED) is 0.219. The molecule has 2 atom stereocenters. The molecule has 0 saturated carbocycles. The summed E-state index contributed by atoms with van der Waals surface area (Å²) in [7, 11) is 0. The van der Waals surface area contributed by atoms with Gasteiger partial charge in [0.25, 0.3) is 0 Å². The minimum absolute atomic E-state index is 0.0108. The zero-order valence-corrected chi connectivity index (χ0v) is 24.9. The number of nitrogens with two attached hydrogens (primary N) is 1. The van der Waals surface area contributed by atoms with E-state index in [1.807, 2.05) is 32.9 Å². The second-order valence-electron chi connectivity index (χ2n) is 10.7. The molecule has 0 aliphatic rings. The van der Waals surface area contributed by atoms with E-state index in [0.717, 1.165) is 24.0 Å². The fourth-order valence-electron chi connectivity index (χ4n) is 3.98. The van der Waals surface area contributed by atoms with E-state index >= 15 is 0 Å². The van der Waals surface area contributed by atoms with Crippen LogP contribution in [0.1, 0.15) is 89.5 Å². The number of primary amides is 1. The number of rotatable bonds is 15. The Kier molecular flexibility index (Phi) is 14.2. The number of alkyl carbamates (subject to hydrolysis) is 1. The number of hydrogen-bond donors (Lipinski definition) is 3. The van der Waals surface area contributed by atoms with Crippen molar-refractivity contribution in [2.24, 2.45) is 5.73 Å². The lowest BCUT2D eigenvalue weighted by atomic mass is 9.97. The number of hydrogen-bond acceptors (Lipinski definition) is 7. The van der Waals surface area contributed by atoms with E-state index in [0.29, 0.717) is 12.0 Å². The molecule has 0 heterocycles. The molecule has 1 rings (SSSR count). The molecular weight excluding hydrogens is 516 g/mol. The van der Waals surface area contributed by atoms with Gasteiger partial charge >= 0.3 is 12.1 Å². The van der Waals surface area contributed by atoms with Crippen LogP contribution in [0.5, 0.6) is 0 Å². The third kappa shape index (κ3) is 12.0. The van der Waals surface area contributed by atoms with Gasteiger partial charge in [0.05, 0.1) is 19.4 Å². The number of esters is 1. The summed E-state index contributed by atoms with van der Waals surface area (Å²) in [5, 5.41) is 5.21. The second-order valence-corrected chi connectivity index (χ2v) is 10.7. The minimum atomic E-state index is -1.35. The van der Waals surface area contributed by atoms with Crippen molar-refractivity contribution in [1.82, 2.24) is 15.5 Å². The highest BCUT2D eigenvalue weighted by Gasteiger charge is 2.37. The Bertz CT molecular complexity index is 1040. The van der Waals surface area contributed by atoms with Gasteiger partial charge in [0.1, 0.15) is 17.7 Å². The van der Waals surface area contributed by atoms with Crippen LogP contribution in [0.3, 0.4) is 0 Å². The lowest BCUT2D eigenvalue weighted by Crippen LogP contribution is -2.54. The fourth-order valence-corrected chi connectivity index (χ4v) is 3.98. The molecule has 4 amide bonds. The monoisotopic (exact) mass is 562 g/mol. The number of benzene rings is 1. The van der Waals surface area contributed by atoms with Crippen molar-refractivity contribution >= 4 is 29.8 Å². The fraction of sp³-hybridized carbons (Fsp3) is 0.621. The van der Waals surface area contributed by atoms with Crippen LogP contribution in [-0.4, -0.2) is 66.0 Å². The Hall–Kier alpha value is -3.63. The van der Waals surface area contributed by atoms with Crippen molar-refractivity contribution in [2.45, 2.75) is 98.3 Å². The first-order chi connectivity index (χ1) is 18.7. The van der Waals surface area contributed by atoms with E-state index in [-0.39, 0.29) is 26.1 Å². The number of aryl methyl sites for hydroxylation is 2. The molecule has 0 bridgehead atoms. The molecule has 0 fully saturated rings. The number of unbranched alkanes of at least 4 members (excludes halogenated alkanes) is 2. The third-order valence-electron chi connectivity index (χ3n) is 6.02. The predicted molar refractivity (Wildman–Crippen MR) is 151 cm³/mol. The van der Waals surface area contributed by atoms with Gasteiger partial charge in [-0.1, -0.05) is 38.0 Å². The molecule has 0 aliphatic carbocycles. The Labute approximate surface area is 237 Å². The van der Waals surface area contributed by atoms with Crippen molar-refractivity contribution in [1.29, 1.82) is 0 Å². The van der Waals surface area contributed by atoms with Gasteiger partial charge in [-0.15, -0.1) is 0 Å². The highest BCUT2D eigenvalue weighted by atomic mass is 16.6. The Morgan fingerprint density at radius 2 is 1.70 bits per heavy atom. The van der Waals surface area contributed by atoms with E-state index in [1.165, 1.54) is 4.90 Å². The second kappa shape index (κ2) is 16.5. The first-order valence-corrected chi connectivity index (χ1v) is 13.8. The summed E-state index contributed by atoms with van der Waals surface area (Å²) in [6, 6.07) is 3.01. The molecule has 0 aromatic heterocycles. The van der Waals surface area contributed by atoms with Gasteiger partial charge in [0, 0.05) is 13.1 Å². The van der Waals surface area contributed by atoms with E-state index in [9.17, 15) is 24.0 Å². The molecule has 1 aromatic rings. The van der Waals surface area contributed by atoms with Crippen LogP contribution < -0.4 is 16.4 Å². The van der Waals surface area contributed by atoms with Gasteiger partial charge in [-0.3, -0.25) is 19.2 Å². The molecule has 11 nitrogen and oxygen atoms in total. The average Bonchev–Trinajstić information content (AvgIpc) is 2.83. The van der Waals surface area contributed by atoms with Crippen LogP contribution in [0.4, 0.5) is 4.79 Å². The standard InChI is InChI=1S/C29H46N4O7/c1-8-10-11-16-33(27(37)22(18-23(30)34)32-28(38)40-29(5,6)7)25(21-13-12-19(3)20(4)17-21)26(36)31-15-14-24(35)39-9-2/h12-13,17,22,25H,8-11,14-16,18H2,1-7H3,(H2,30,34)(H,31,36)(H,32,38). The number of carbonyl (C=O) groups is 5.